The molecule has 4 aromatic rings. The predicted molar refractivity (Wildman–Crippen MR) is 121 cm³/mol. The molecular weight excluding hydrogens is 396 g/mol. The number of rotatable bonds is 9. The van der Waals surface area contributed by atoms with Crippen LogP contribution in [0.3, 0.4) is 0 Å². The van der Waals surface area contributed by atoms with Crippen molar-refractivity contribution in [3.8, 4) is 11.5 Å². The molecule has 0 bridgehead atoms. The average Bonchev–Trinajstić information content (AvgIpc) is 3.11. The lowest BCUT2D eigenvalue weighted by Crippen LogP contribution is -2.09. The first-order chi connectivity index (χ1) is 14.7. The topological polar surface area (TPSA) is 36.3 Å². The third-order valence-corrected chi connectivity index (χ3v) is 5.27. The van der Waals surface area contributed by atoms with Crippen LogP contribution < -0.4 is 9.47 Å². The summed E-state index contributed by atoms with van der Waals surface area (Å²) < 4.78 is 14.1. The van der Waals surface area contributed by atoms with E-state index >= 15 is 0 Å². The number of hydrogen-bond donors (Lipinski definition) is 0. The van der Waals surface area contributed by atoms with E-state index in [1.165, 1.54) is 5.56 Å². The molecule has 0 amide bonds. The number of aryl methyl sites for hydroxylation is 2. The third kappa shape index (κ3) is 4.95. The summed E-state index contributed by atoms with van der Waals surface area (Å²) in [5.74, 6) is 2.53. The monoisotopic (exact) mass is 420 g/mol. The third-order valence-electron chi connectivity index (χ3n) is 4.96. The Morgan fingerprint density at radius 1 is 0.900 bits per heavy atom. The minimum Gasteiger partial charge on any atom is -0.492 e. The first kappa shape index (κ1) is 20.3. The molecule has 0 aliphatic heterocycles. The van der Waals surface area contributed by atoms with Crippen LogP contribution in [0.15, 0.2) is 72.8 Å². The van der Waals surface area contributed by atoms with Gasteiger partial charge in [-0.05, 0) is 61.7 Å². The highest BCUT2D eigenvalue weighted by Crippen LogP contribution is 2.24. The number of imidazole rings is 1. The summed E-state index contributed by atoms with van der Waals surface area (Å²) in [6, 6.07) is 23.9. The maximum Gasteiger partial charge on any atom is 0.147 e. The van der Waals surface area contributed by atoms with E-state index in [2.05, 4.69) is 23.6 Å². The summed E-state index contributed by atoms with van der Waals surface area (Å²) in [6.45, 7) is 3.99. The zero-order chi connectivity index (χ0) is 20.8. The van der Waals surface area contributed by atoms with Gasteiger partial charge in [-0.3, -0.25) is 0 Å². The second-order valence-corrected chi connectivity index (χ2v) is 7.67. The number of fused-ring (bicyclic) bond motifs is 1. The lowest BCUT2D eigenvalue weighted by atomic mass is 10.2. The van der Waals surface area contributed by atoms with E-state index in [1.54, 1.807) is 0 Å². The molecule has 0 atom stereocenters. The van der Waals surface area contributed by atoms with Gasteiger partial charge in [0.2, 0.25) is 0 Å². The van der Waals surface area contributed by atoms with Crippen LogP contribution in [0, 0.1) is 6.92 Å². The molecule has 4 nitrogen and oxygen atoms in total. The van der Waals surface area contributed by atoms with E-state index < -0.39 is 0 Å². The van der Waals surface area contributed by atoms with Gasteiger partial charge in [-0.2, -0.15) is 0 Å². The van der Waals surface area contributed by atoms with Gasteiger partial charge in [-0.15, -0.1) is 0 Å². The number of ether oxygens (including phenoxy) is 2. The molecule has 0 saturated heterocycles. The van der Waals surface area contributed by atoms with Crippen molar-refractivity contribution in [1.82, 2.24) is 9.55 Å². The molecule has 0 saturated carbocycles. The fraction of sp³-hybridized carbons (Fsp3) is 0.240. The van der Waals surface area contributed by atoms with Gasteiger partial charge >= 0.3 is 0 Å². The Bertz CT molecular complexity index is 1120. The number of unbranched alkanes of at least 4 members (excludes halogenated alkanes) is 1. The van der Waals surface area contributed by atoms with E-state index in [1.807, 2.05) is 60.7 Å². The average molecular weight is 421 g/mol. The van der Waals surface area contributed by atoms with Crippen molar-refractivity contribution in [2.24, 2.45) is 0 Å². The Morgan fingerprint density at radius 3 is 2.60 bits per heavy atom. The van der Waals surface area contributed by atoms with Crippen LogP contribution in [-0.2, 0) is 13.2 Å². The summed E-state index contributed by atoms with van der Waals surface area (Å²) in [5, 5.41) is 0.647. The zero-order valence-electron chi connectivity index (χ0n) is 17.1. The molecule has 4 rings (SSSR count). The van der Waals surface area contributed by atoms with Crippen LogP contribution in [0.2, 0.25) is 5.02 Å². The number of halogens is 1. The van der Waals surface area contributed by atoms with E-state index in [4.69, 9.17) is 26.1 Å². The molecule has 154 valence electrons. The van der Waals surface area contributed by atoms with Gasteiger partial charge in [0.25, 0.3) is 0 Å². The van der Waals surface area contributed by atoms with Crippen LogP contribution in [0.4, 0.5) is 0 Å². The van der Waals surface area contributed by atoms with Gasteiger partial charge in [-0.1, -0.05) is 48.0 Å². The molecule has 1 heterocycles. The lowest BCUT2D eigenvalue weighted by Gasteiger charge is -2.12. The molecule has 0 spiro atoms. The van der Waals surface area contributed by atoms with Crippen molar-refractivity contribution in [3.63, 3.8) is 0 Å². The minimum absolute atomic E-state index is 0.439. The number of nitrogens with zero attached hydrogens (tertiary/aromatic N) is 2. The highest BCUT2D eigenvalue weighted by atomic mass is 35.5. The molecule has 0 fully saturated rings. The van der Waals surface area contributed by atoms with E-state index in [0.717, 1.165) is 47.7 Å². The second kappa shape index (κ2) is 9.68. The summed E-state index contributed by atoms with van der Waals surface area (Å²) in [7, 11) is 0. The van der Waals surface area contributed by atoms with Crippen molar-refractivity contribution in [1.29, 1.82) is 0 Å². The van der Waals surface area contributed by atoms with Gasteiger partial charge in [-0.25, -0.2) is 4.98 Å². The second-order valence-electron chi connectivity index (χ2n) is 7.26. The van der Waals surface area contributed by atoms with Crippen LogP contribution in [0.5, 0.6) is 11.5 Å². The highest BCUT2D eigenvalue weighted by Gasteiger charge is 2.11. The molecule has 5 heteroatoms. The van der Waals surface area contributed by atoms with E-state index in [9.17, 15) is 0 Å². The SMILES string of the molecule is Cc1cccc(OCc2nc3ccccc3n2CCCCOc2ccccc2Cl)c1. The molecule has 0 aliphatic rings. The summed E-state index contributed by atoms with van der Waals surface area (Å²) >= 11 is 6.15. The standard InChI is InChI=1S/C25H25ClN2O2/c1-19-9-8-10-20(17-19)30-18-25-27-22-12-3-4-13-23(22)28(25)15-6-7-16-29-24-14-5-2-11-21(24)26/h2-5,8-14,17H,6-7,15-16,18H2,1H3. The summed E-state index contributed by atoms with van der Waals surface area (Å²) in [6.07, 6.45) is 1.90. The quantitative estimate of drug-likeness (QED) is 0.292. The van der Waals surface area contributed by atoms with Gasteiger partial charge in [0, 0.05) is 6.54 Å². The number of hydrogen-bond acceptors (Lipinski definition) is 3. The first-order valence-electron chi connectivity index (χ1n) is 10.2. The largest absolute Gasteiger partial charge is 0.492 e. The van der Waals surface area contributed by atoms with Crippen molar-refractivity contribution in [2.75, 3.05) is 6.61 Å². The van der Waals surface area contributed by atoms with E-state index in [0.29, 0.717) is 18.2 Å². The van der Waals surface area contributed by atoms with E-state index in [-0.39, 0.29) is 0 Å². The molecule has 30 heavy (non-hydrogen) atoms. The lowest BCUT2D eigenvalue weighted by molar-refractivity contribution is 0.285. The van der Waals surface area contributed by atoms with Crippen LogP contribution >= 0.6 is 11.6 Å². The molecule has 0 unspecified atom stereocenters. The van der Waals surface area contributed by atoms with Crippen molar-refractivity contribution >= 4 is 22.6 Å². The smallest absolute Gasteiger partial charge is 0.147 e. The van der Waals surface area contributed by atoms with Gasteiger partial charge in [0.1, 0.15) is 23.9 Å². The number of benzene rings is 3. The Balaban J connectivity index is 1.39. The van der Waals surface area contributed by atoms with Gasteiger partial charge < -0.3 is 14.0 Å². The van der Waals surface area contributed by atoms with Crippen LogP contribution in [0.1, 0.15) is 24.2 Å². The Labute approximate surface area is 182 Å². The van der Waals surface area contributed by atoms with Gasteiger partial charge in [0.05, 0.1) is 22.7 Å². The Kier molecular flexibility index (Phi) is 6.55. The highest BCUT2D eigenvalue weighted by molar-refractivity contribution is 6.32. The fourth-order valence-electron chi connectivity index (χ4n) is 3.45. The predicted octanol–water partition coefficient (Wildman–Crippen LogP) is 6.44. The zero-order valence-corrected chi connectivity index (χ0v) is 17.8. The fourth-order valence-corrected chi connectivity index (χ4v) is 3.64. The molecule has 1 aromatic heterocycles. The Morgan fingerprint density at radius 2 is 1.73 bits per heavy atom. The van der Waals surface area contributed by atoms with Crippen LogP contribution in [-0.4, -0.2) is 16.2 Å². The maximum atomic E-state index is 6.15. The molecule has 0 aliphatic carbocycles. The van der Waals surface area contributed by atoms with Crippen molar-refractivity contribution in [3.05, 3.63) is 89.2 Å². The summed E-state index contributed by atoms with van der Waals surface area (Å²) in [5.41, 5.74) is 3.31. The molecule has 0 radical (unpaired) electrons. The normalized spacial score (nSPS) is 11.0. The number of aromatic nitrogens is 2. The number of para-hydroxylation sites is 3. The molecular formula is C25H25ClN2O2. The van der Waals surface area contributed by atoms with Crippen molar-refractivity contribution in [2.45, 2.75) is 32.9 Å². The van der Waals surface area contributed by atoms with Crippen LogP contribution in [0.25, 0.3) is 11.0 Å². The minimum atomic E-state index is 0.439. The van der Waals surface area contributed by atoms with Crippen molar-refractivity contribution < 1.29 is 9.47 Å². The Hall–Kier alpha value is -2.98. The molecule has 3 aromatic carbocycles. The summed E-state index contributed by atoms with van der Waals surface area (Å²) in [4.78, 5) is 4.80. The maximum absolute atomic E-state index is 6.15. The van der Waals surface area contributed by atoms with Gasteiger partial charge in [0.15, 0.2) is 0 Å². The molecule has 0 N–H and O–H groups in total. The first-order valence-corrected chi connectivity index (χ1v) is 10.6.